The van der Waals surface area contributed by atoms with Gasteiger partial charge in [-0.15, -0.1) is 0 Å². The first-order valence-corrected chi connectivity index (χ1v) is 11.4. The Balaban J connectivity index is 1.67. The molecule has 0 bridgehead atoms. The van der Waals surface area contributed by atoms with Crippen LogP contribution in [0.25, 0.3) is 0 Å². The van der Waals surface area contributed by atoms with Crippen LogP contribution in [0.2, 0.25) is 0 Å². The van der Waals surface area contributed by atoms with E-state index in [1.54, 1.807) is 19.0 Å². The Bertz CT molecular complexity index is 949. The highest BCUT2D eigenvalue weighted by molar-refractivity contribution is 5.96. The molecule has 0 saturated carbocycles. The summed E-state index contributed by atoms with van der Waals surface area (Å²) in [6.45, 7) is 7.99. The maximum Gasteiger partial charge on any atom is 0.252 e. The molecule has 2 amide bonds. The number of nitrogens with zero attached hydrogens (tertiary/aromatic N) is 3. The quantitative estimate of drug-likeness (QED) is 0.724. The second kappa shape index (κ2) is 10.6. The van der Waals surface area contributed by atoms with Gasteiger partial charge in [-0.3, -0.25) is 9.59 Å². The second-order valence-electron chi connectivity index (χ2n) is 9.02. The number of benzene rings is 2. The van der Waals surface area contributed by atoms with E-state index in [9.17, 15) is 9.59 Å². The molecule has 3 rings (SSSR count). The largest absolute Gasteiger partial charge is 0.369 e. The minimum absolute atomic E-state index is 0.0563. The summed E-state index contributed by atoms with van der Waals surface area (Å²) < 4.78 is 0. The van der Waals surface area contributed by atoms with E-state index in [0.29, 0.717) is 12.8 Å². The lowest BCUT2D eigenvalue weighted by molar-refractivity contribution is -0.128. The van der Waals surface area contributed by atoms with E-state index in [4.69, 9.17) is 0 Å². The number of nitrogens with one attached hydrogen (secondary N) is 1. The number of carbonyl (C=O) groups excluding carboxylic acids is 2. The van der Waals surface area contributed by atoms with Crippen molar-refractivity contribution in [2.45, 2.75) is 32.7 Å². The third-order valence-electron chi connectivity index (χ3n) is 6.26. The maximum atomic E-state index is 13.1. The molecule has 1 unspecified atom stereocenters. The second-order valence-corrected chi connectivity index (χ2v) is 9.02. The molecule has 1 atom stereocenters. The zero-order valence-corrected chi connectivity index (χ0v) is 20.0. The van der Waals surface area contributed by atoms with Crippen molar-refractivity contribution >= 4 is 17.5 Å². The summed E-state index contributed by atoms with van der Waals surface area (Å²) in [5, 5.41) is 3.16. The number of carbonyl (C=O) groups is 2. The molecule has 1 heterocycles. The van der Waals surface area contributed by atoms with Gasteiger partial charge in [-0.05, 0) is 56.1 Å². The van der Waals surface area contributed by atoms with Crippen molar-refractivity contribution in [1.29, 1.82) is 0 Å². The Morgan fingerprint density at radius 2 is 1.78 bits per heavy atom. The Hall–Kier alpha value is -2.86. The van der Waals surface area contributed by atoms with E-state index in [1.807, 2.05) is 44.2 Å². The van der Waals surface area contributed by atoms with Gasteiger partial charge in [0.15, 0.2) is 0 Å². The van der Waals surface area contributed by atoms with E-state index in [0.717, 1.165) is 54.1 Å². The third-order valence-corrected chi connectivity index (χ3v) is 6.26. The predicted octanol–water partition coefficient (Wildman–Crippen LogP) is 3.26. The van der Waals surface area contributed by atoms with Gasteiger partial charge in [0.2, 0.25) is 5.91 Å². The Morgan fingerprint density at radius 3 is 2.47 bits per heavy atom. The standard InChI is InChI=1S/C26H36N4O2/c1-19-9-11-23(30-15-13-29(5)14-16-30)18-24(19)26(32)27-20(2)22-8-6-7-21(17-22)10-12-25(31)28(3)4/h6-9,11,17-18,20H,10,12-16H2,1-5H3,(H,27,32). The first-order valence-electron chi connectivity index (χ1n) is 11.4. The van der Waals surface area contributed by atoms with Gasteiger partial charge in [-0.25, -0.2) is 0 Å². The maximum absolute atomic E-state index is 13.1. The molecule has 1 aliphatic rings. The van der Waals surface area contributed by atoms with Crippen LogP contribution >= 0.6 is 0 Å². The average molecular weight is 437 g/mol. The highest BCUT2D eigenvalue weighted by Crippen LogP contribution is 2.22. The van der Waals surface area contributed by atoms with E-state index >= 15 is 0 Å². The number of likely N-dealkylation sites (N-methyl/N-ethyl adjacent to an activating group) is 1. The Morgan fingerprint density at radius 1 is 1.06 bits per heavy atom. The van der Waals surface area contributed by atoms with Crippen LogP contribution in [0.15, 0.2) is 42.5 Å². The van der Waals surface area contributed by atoms with Crippen LogP contribution in [0.4, 0.5) is 5.69 Å². The molecule has 0 aromatic heterocycles. The van der Waals surface area contributed by atoms with E-state index in [2.05, 4.69) is 34.3 Å². The molecule has 6 heteroatoms. The average Bonchev–Trinajstić information content (AvgIpc) is 2.78. The molecule has 1 saturated heterocycles. The van der Waals surface area contributed by atoms with Crippen LogP contribution in [-0.2, 0) is 11.2 Å². The summed E-state index contributed by atoms with van der Waals surface area (Å²) in [6, 6.07) is 14.2. The molecule has 0 aliphatic carbocycles. The van der Waals surface area contributed by atoms with Gasteiger partial charge in [0, 0.05) is 57.9 Å². The smallest absolute Gasteiger partial charge is 0.252 e. The number of amides is 2. The van der Waals surface area contributed by atoms with Crippen LogP contribution in [0, 0.1) is 6.92 Å². The summed E-state index contributed by atoms with van der Waals surface area (Å²) in [5.74, 6) is 0.0617. The van der Waals surface area contributed by atoms with Crippen molar-refractivity contribution in [3.05, 3.63) is 64.7 Å². The molecular weight excluding hydrogens is 400 g/mol. The minimum Gasteiger partial charge on any atom is -0.369 e. The van der Waals surface area contributed by atoms with Gasteiger partial charge in [-0.1, -0.05) is 30.3 Å². The van der Waals surface area contributed by atoms with Gasteiger partial charge in [0.1, 0.15) is 0 Å². The molecule has 2 aromatic rings. The molecule has 0 spiro atoms. The van der Waals surface area contributed by atoms with Crippen LogP contribution in [0.5, 0.6) is 0 Å². The van der Waals surface area contributed by atoms with Crippen molar-refractivity contribution in [1.82, 2.24) is 15.1 Å². The number of anilines is 1. The molecule has 2 aromatic carbocycles. The SMILES string of the molecule is Cc1ccc(N2CCN(C)CC2)cc1C(=O)NC(C)c1cccc(CCC(=O)N(C)C)c1. The summed E-state index contributed by atoms with van der Waals surface area (Å²) in [7, 11) is 5.69. The number of hydrogen-bond donors (Lipinski definition) is 1. The van der Waals surface area contributed by atoms with Crippen LogP contribution in [0.3, 0.4) is 0 Å². The van der Waals surface area contributed by atoms with Crippen molar-refractivity contribution in [3.63, 3.8) is 0 Å². The lowest BCUT2D eigenvalue weighted by atomic mass is 10.0. The number of aryl methyl sites for hydroxylation is 2. The van der Waals surface area contributed by atoms with Gasteiger partial charge in [0.05, 0.1) is 6.04 Å². The fourth-order valence-corrected chi connectivity index (χ4v) is 3.97. The lowest BCUT2D eigenvalue weighted by Crippen LogP contribution is -2.44. The molecule has 1 aliphatic heterocycles. The van der Waals surface area contributed by atoms with E-state index in [1.165, 1.54) is 0 Å². The molecule has 1 fully saturated rings. The van der Waals surface area contributed by atoms with E-state index in [-0.39, 0.29) is 17.9 Å². The normalized spacial score (nSPS) is 15.3. The summed E-state index contributed by atoms with van der Waals surface area (Å²) in [5.41, 5.74) is 4.95. The number of rotatable bonds is 7. The number of hydrogen-bond acceptors (Lipinski definition) is 4. The Labute approximate surface area is 192 Å². The molecule has 1 N–H and O–H groups in total. The first-order chi connectivity index (χ1) is 15.2. The van der Waals surface area contributed by atoms with Crippen LogP contribution in [-0.4, -0.2) is 68.9 Å². The molecule has 0 radical (unpaired) electrons. The summed E-state index contributed by atoms with van der Waals surface area (Å²) >= 11 is 0. The van der Waals surface area contributed by atoms with Gasteiger partial charge in [-0.2, -0.15) is 0 Å². The van der Waals surface area contributed by atoms with E-state index < -0.39 is 0 Å². The van der Waals surface area contributed by atoms with Gasteiger partial charge in [0.25, 0.3) is 5.91 Å². The summed E-state index contributed by atoms with van der Waals surface area (Å²) in [6.07, 6.45) is 1.17. The molecule has 172 valence electrons. The number of piperazine rings is 1. The minimum atomic E-state index is -0.126. The highest BCUT2D eigenvalue weighted by Gasteiger charge is 2.18. The van der Waals surface area contributed by atoms with Gasteiger partial charge >= 0.3 is 0 Å². The van der Waals surface area contributed by atoms with Crippen LogP contribution in [0.1, 0.15) is 46.4 Å². The third kappa shape index (κ3) is 6.10. The molecule has 6 nitrogen and oxygen atoms in total. The van der Waals surface area contributed by atoms with Gasteiger partial charge < -0.3 is 20.0 Å². The molecule has 32 heavy (non-hydrogen) atoms. The van der Waals surface area contributed by atoms with Crippen molar-refractivity contribution in [2.24, 2.45) is 0 Å². The lowest BCUT2D eigenvalue weighted by Gasteiger charge is -2.34. The zero-order valence-electron chi connectivity index (χ0n) is 20.0. The van der Waals surface area contributed by atoms with Crippen molar-refractivity contribution < 1.29 is 9.59 Å². The highest BCUT2D eigenvalue weighted by atomic mass is 16.2. The Kier molecular flexibility index (Phi) is 7.91. The van der Waals surface area contributed by atoms with Crippen LogP contribution < -0.4 is 10.2 Å². The van der Waals surface area contributed by atoms with Crippen molar-refractivity contribution in [3.8, 4) is 0 Å². The topological polar surface area (TPSA) is 55.9 Å². The fourth-order valence-electron chi connectivity index (χ4n) is 3.97. The zero-order chi connectivity index (χ0) is 23.3. The first kappa shape index (κ1) is 23.8. The molecular formula is C26H36N4O2. The fraction of sp³-hybridized carbons (Fsp3) is 0.462. The van der Waals surface area contributed by atoms with Crippen molar-refractivity contribution in [2.75, 3.05) is 52.2 Å². The summed E-state index contributed by atoms with van der Waals surface area (Å²) in [4.78, 5) is 31.3. The monoisotopic (exact) mass is 436 g/mol. The predicted molar refractivity (Wildman–Crippen MR) is 130 cm³/mol.